The van der Waals surface area contributed by atoms with E-state index in [9.17, 15) is 13.2 Å². The number of benzene rings is 1. The number of piperidine rings is 1. The third kappa shape index (κ3) is 3.94. The van der Waals surface area contributed by atoms with Gasteiger partial charge in [0.1, 0.15) is 5.75 Å². The molecule has 0 N–H and O–H groups in total. The van der Waals surface area contributed by atoms with Crippen LogP contribution < -0.4 is 4.74 Å². The molecule has 1 saturated heterocycles. The largest absolute Gasteiger partial charge is 0.496 e. The van der Waals surface area contributed by atoms with Crippen LogP contribution in [0.4, 0.5) is 13.2 Å². The first-order valence-electron chi connectivity index (χ1n) is 7.83. The van der Waals surface area contributed by atoms with Crippen molar-refractivity contribution < 1.29 is 17.9 Å². The number of alkyl halides is 3. The molecule has 1 fully saturated rings. The Kier molecular flexibility index (Phi) is 5.37. The van der Waals surface area contributed by atoms with Crippen LogP contribution >= 0.6 is 0 Å². The predicted octanol–water partition coefficient (Wildman–Crippen LogP) is 4.82. The van der Waals surface area contributed by atoms with E-state index in [-0.39, 0.29) is 5.92 Å². The molecule has 0 radical (unpaired) electrons. The van der Waals surface area contributed by atoms with Gasteiger partial charge in [0, 0.05) is 6.54 Å². The van der Waals surface area contributed by atoms with Gasteiger partial charge < -0.3 is 4.74 Å². The van der Waals surface area contributed by atoms with Crippen molar-refractivity contribution in [2.75, 3.05) is 20.2 Å². The Morgan fingerprint density at radius 1 is 1.14 bits per heavy atom. The van der Waals surface area contributed by atoms with Crippen LogP contribution in [0, 0.1) is 0 Å². The van der Waals surface area contributed by atoms with E-state index in [4.69, 9.17) is 4.74 Å². The van der Waals surface area contributed by atoms with Crippen LogP contribution in [-0.2, 0) is 12.7 Å². The summed E-state index contributed by atoms with van der Waals surface area (Å²) in [7, 11) is 1.42. The second-order valence-corrected chi connectivity index (χ2v) is 6.24. The number of nitrogens with zero attached hydrogens (tertiary/aromatic N) is 1. The summed E-state index contributed by atoms with van der Waals surface area (Å²) in [5, 5.41) is 0. The molecule has 1 aliphatic rings. The van der Waals surface area contributed by atoms with Gasteiger partial charge in [-0.15, -0.1) is 0 Å². The zero-order chi connectivity index (χ0) is 16.3. The first-order valence-corrected chi connectivity index (χ1v) is 7.83. The van der Waals surface area contributed by atoms with Crippen LogP contribution in [0.2, 0.25) is 0 Å². The maximum absolute atomic E-state index is 13.4. The summed E-state index contributed by atoms with van der Waals surface area (Å²) in [4.78, 5) is 2.12. The molecule has 1 aromatic carbocycles. The highest BCUT2D eigenvalue weighted by Crippen LogP contribution is 2.39. The molecule has 2 rings (SSSR count). The zero-order valence-corrected chi connectivity index (χ0v) is 13.5. The molecule has 0 bridgehead atoms. The average molecular weight is 315 g/mol. The lowest BCUT2D eigenvalue weighted by molar-refractivity contribution is -0.138. The maximum atomic E-state index is 13.4. The highest BCUT2D eigenvalue weighted by Gasteiger charge is 2.35. The van der Waals surface area contributed by atoms with Crippen molar-refractivity contribution in [2.45, 2.75) is 51.7 Å². The molecule has 0 atom stereocenters. The SMILES string of the molecule is COc1cc(C(F)(F)F)c(CN2CCCCC2)cc1C(C)C. The van der Waals surface area contributed by atoms with E-state index in [1.165, 1.54) is 13.5 Å². The summed E-state index contributed by atoms with van der Waals surface area (Å²) in [5.74, 6) is 0.446. The molecular weight excluding hydrogens is 291 g/mol. The van der Waals surface area contributed by atoms with Gasteiger partial charge in [-0.2, -0.15) is 13.2 Å². The first kappa shape index (κ1) is 17.1. The second-order valence-electron chi connectivity index (χ2n) is 6.24. The van der Waals surface area contributed by atoms with Crippen LogP contribution in [0.1, 0.15) is 55.7 Å². The number of halogens is 3. The van der Waals surface area contributed by atoms with E-state index in [1.807, 2.05) is 13.8 Å². The highest BCUT2D eigenvalue weighted by molar-refractivity contribution is 5.45. The maximum Gasteiger partial charge on any atom is 0.416 e. The smallest absolute Gasteiger partial charge is 0.416 e. The minimum absolute atomic E-state index is 0.123. The Morgan fingerprint density at radius 2 is 1.77 bits per heavy atom. The number of rotatable bonds is 4. The fourth-order valence-corrected chi connectivity index (χ4v) is 3.02. The highest BCUT2D eigenvalue weighted by atomic mass is 19.4. The molecule has 1 heterocycles. The molecule has 2 nitrogen and oxygen atoms in total. The number of hydrogen-bond acceptors (Lipinski definition) is 2. The van der Waals surface area contributed by atoms with Gasteiger partial charge in [-0.05, 0) is 55.1 Å². The van der Waals surface area contributed by atoms with E-state index in [1.54, 1.807) is 6.07 Å². The monoisotopic (exact) mass is 315 g/mol. The second kappa shape index (κ2) is 6.90. The fourth-order valence-electron chi connectivity index (χ4n) is 3.02. The quantitative estimate of drug-likeness (QED) is 0.789. The third-order valence-electron chi connectivity index (χ3n) is 4.23. The molecule has 0 spiro atoms. The van der Waals surface area contributed by atoms with Crippen molar-refractivity contribution >= 4 is 0 Å². The van der Waals surface area contributed by atoms with Crippen LogP contribution in [0.3, 0.4) is 0 Å². The Morgan fingerprint density at radius 3 is 2.27 bits per heavy atom. The van der Waals surface area contributed by atoms with Crippen LogP contribution in [-0.4, -0.2) is 25.1 Å². The molecule has 1 aromatic rings. The fraction of sp³-hybridized carbons (Fsp3) is 0.647. The number of methoxy groups -OCH3 is 1. The Balaban J connectivity index is 2.41. The van der Waals surface area contributed by atoms with Crippen LogP contribution in [0.15, 0.2) is 12.1 Å². The third-order valence-corrected chi connectivity index (χ3v) is 4.23. The van der Waals surface area contributed by atoms with E-state index < -0.39 is 11.7 Å². The number of likely N-dealkylation sites (tertiary alicyclic amines) is 1. The summed E-state index contributed by atoms with van der Waals surface area (Å²) in [6.07, 6.45) is -1.06. The van der Waals surface area contributed by atoms with E-state index in [0.29, 0.717) is 17.9 Å². The van der Waals surface area contributed by atoms with Gasteiger partial charge in [0.25, 0.3) is 0 Å². The predicted molar refractivity (Wildman–Crippen MR) is 81.2 cm³/mol. The van der Waals surface area contributed by atoms with Gasteiger partial charge >= 0.3 is 6.18 Å². The Labute approximate surface area is 130 Å². The summed E-state index contributed by atoms with van der Waals surface area (Å²) >= 11 is 0. The molecule has 1 aliphatic heterocycles. The lowest BCUT2D eigenvalue weighted by Crippen LogP contribution is -2.30. The normalized spacial score (nSPS) is 17.0. The minimum Gasteiger partial charge on any atom is -0.496 e. The summed E-state index contributed by atoms with van der Waals surface area (Å²) < 4.78 is 45.3. The van der Waals surface area contributed by atoms with Gasteiger partial charge in [0.2, 0.25) is 0 Å². The summed E-state index contributed by atoms with van der Waals surface area (Å²) in [6.45, 7) is 6.05. The topological polar surface area (TPSA) is 12.5 Å². The number of hydrogen-bond donors (Lipinski definition) is 0. The van der Waals surface area contributed by atoms with Crippen molar-refractivity contribution in [3.8, 4) is 5.75 Å². The molecule has 0 saturated carbocycles. The number of ether oxygens (including phenoxy) is 1. The first-order chi connectivity index (χ1) is 10.3. The standard InChI is InChI=1S/C17H24F3NO/c1-12(2)14-9-13(11-21-7-5-4-6-8-21)15(17(18,19)20)10-16(14)22-3/h9-10,12H,4-8,11H2,1-3H3. The molecule has 0 amide bonds. The van der Waals surface area contributed by atoms with E-state index in [0.717, 1.165) is 37.6 Å². The molecule has 0 unspecified atom stereocenters. The Bertz CT molecular complexity index is 505. The molecule has 22 heavy (non-hydrogen) atoms. The van der Waals surface area contributed by atoms with Crippen molar-refractivity contribution in [3.63, 3.8) is 0 Å². The van der Waals surface area contributed by atoms with Gasteiger partial charge in [0.05, 0.1) is 12.7 Å². The average Bonchev–Trinajstić information content (AvgIpc) is 2.46. The molecule has 0 aliphatic carbocycles. The molecule has 124 valence electrons. The van der Waals surface area contributed by atoms with Crippen molar-refractivity contribution in [3.05, 3.63) is 28.8 Å². The van der Waals surface area contributed by atoms with Crippen molar-refractivity contribution in [1.29, 1.82) is 0 Å². The zero-order valence-electron chi connectivity index (χ0n) is 13.5. The minimum atomic E-state index is -4.35. The van der Waals surface area contributed by atoms with Crippen molar-refractivity contribution in [2.24, 2.45) is 0 Å². The lowest BCUT2D eigenvalue weighted by Gasteiger charge is -2.28. The van der Waals surface area contributed by atoms with Gasteiger partial charge in [-0.25, -0.2) is 0 Å². The summed E-state index contributed by atoms with van der Waals surface area (Å²) in [5.41, 5.74) is 0.626. The van der Waals surface area contributed by atoms with Crippen LogP contribution in [0.25, 0.3) is 0 Å². The van der Waals surface area contributed by atoms with E-state index >= 15 is 0 Å². The molecule has 0 aromatic heterocycles. The van der Waals surface area contributed by atoms with Crippen molar-refractivity contribution in [1.82, 2.24) is 4.90 Å². The molecule has 5 heteroatoms. The lowest BCUT2D eigenvalue weighted by atomic mass is 9.95. The Hall–Kier alpha value is -1.23. The van der Waals surface area contributed by atoms with E-state index in [2.05, 4.69) is 4.90 Å². The van der Waals surface area contributed by atoms with Gasteiger partial charge in [-0.3, -0.25) is 4.90 Å². The van der Waals surface area contributed by atoms with Gasteiger partial charge in [0.15, 0.2) is 0 Å². The van der Waals surface area contributed by atoms with Gasteiger partial charge in [-0.1, -0.05) is 20.3 Å². The van der Waals surface area contributed by atoms with Crippen LogP contribution in [0.5, 0.6) is 5.75 Å². The molecular formula is C17H24F3NO. The summed E-state index contributed by atoms with van der Waals surface area (Å²) in [6, 6.07) is 2.84.